The predicted molar refractivity (Wildman–Crippen MR) is 113 cm³/mol. The summed E-state index contributed by atoms with van der Waals surface area (Å²) in [6.45, 7) is 3.98. The molecule has 1 aromatic carbocycles. The molecule has 0 bridgehead atoms. The molecule has 0 aliphatic rings. The van der Waals surface area contributed by atoms with E-state index in [-0.39, 0.29) is 26.4 Å². The molecule has 4 nitrogen and oxygen atoms in total. The second kappa shape index (κ2) is 12.3. The summed E-state index contributed by atoms with van der Waals surface area (Å²) < 4.78 is 4.00. The molecule has 3 rings (SSSR count). The summed E-state index contributed by atoms with van der Waals surface area (Å²) in [6, 6.07) is 17.4. The van der Waals surface area contributed by atoms with Gasteiger partial charge in [0.25, 0.3) is 0 Å². The molecule has 3 aromatic rings. The van der Waals surface area contributed by atoms with E-state index in [0.717, 1.165) is 17.7 Å². The third-order valence-corrected chi connectivity index (χ3v) is 3.89. The zero-order valence-electron chi connectivity index (χ0n) is 17.4. The molecule has 0 aliphatic carbocycles. The molecule has 0 atom stereocenters. The number of nitrogens with zero attached hydrogens (tertiary/aromatic N) is 2. The fraction of sp³-hybridized carbons (Fsp3) is 0.167. The molecule has 0 aliphatic heterocycles. The molecule has 28 heavy (non-hydrogen) atoms. The molecule has 148 valence electrons. The van der Waals surface area contributed by atoms with Crippen LogP contribution in [0, 0.1) is 14.9 Å². The highest BCUT2D eigenvalue weighted by Crippen LogP contribution is 2.04. The quantitative estimate of drug-likeness (QED) is 0.393. The molecule has 4 heteroatoms. The molecule has 0 fully saturated rings. The molecule has 2 heterocycles. The van der Waals surface area contributed by atoms with Gasteiger partial charge in [0.05, 0.1) is 0 Å². The maximum atomic E-state index is 11.1. The molecule has 2 aromatic heterocycles. The van der Waals surface area contributed by atoms with E-state index in [2.05, 4.69) is 4.57 Å². The normalized spacial score (nSPS) is 9.11. The van der Waals surface area contributed by atoms with E-state index >= 15 is 0 Å². The van der Waals surface area contributed by atoms with Crippen LogP contribution >= 0.6 is 0 Å². The maximum absolute atomic E-state index is 11.1. The summed E-state index contributed by atoms with van der Waals surface area (Å²) >= 11 is 0. The highest BCUT2D eigenvalue weighted by molar-refractivity contribution is 5.94. The zero-order chi connectivity index (χ0) is 18.9. The van der Waals surface area contributed by atoms with Crippen LogP contribution in [-0.4, -0.2) is 11.6 Å². The number of carbonyl (C=O) groups is 2. The lowest BCUT2D eigenvalue weighted by atomic mass is 10.1. The van der Waals surface area contributed by atoms with Gasteiger partial charge in [-0.25, -0.2) is 9.13 Å². The zero-order valence-corrected chi connectivity index (χ0v) is 17.4. The average molecular weight is 379 g/mol. The minimum Gasteiger partial charge on any atom is -0.358 e. The van der Waals surface area contributed by atoms with Crippen LogP contribution < -0.4 is 9.13 Å². The standard InChI is InChI=1S/C14H14NO.C8H10NO.2CH3/c1-12(16)14-7-5-13(6-8-14)11-15-9-3-2-4-10-15;1-7(10)8-3-5-9(2)6-4-8;;/h2-10H,11H2,1H3;3-6H,1-2H3;2*1H3/q2*+1;2*-1. The second-order valence-electron chi connectivity index (χ2n) is 6.11. The van der Waals surface area contributed by atoms with Gasteiger partial charge in [-0.15, -0.1) is 0 Å². The summed E-state index contributed by atoms with van der Waals surface area (Å²) in [5.41, 5.74) is 2.72. The average Bonchev–Trinajstić information content (AvgIpc) is 2.64. The largest absolute Gasteiger partial charge is 0.358 e. The van der Waals surface area contributed by atoms with Crippen LogP contribution in [0.4, 0.5) is 0 Å². The van der Waals surface area contributed by atoms with Gasteiger partial charge >= 0.3 is 0 Å². The van der Waals surface area contributed by atoms with Crippen LogP contribution in [0.25, 0.3) is 0 Å². The summed E-state index contributed by atoms with van der Waals surface area (Å²) in [5, 5.41) is 0. The van der Waals surface area contributed by atoms with Crippen molar-refractivity contribution in [3.05, 3.63) is 111 Å². The molecule has 0 amide bonds. The van der Waals surface area contributed by atoms with Gasteiger partial charge in [0.2, 0.25) is 0 Å². The van der Waals surface area contributed by atoms with Crippen molar-refractivity contribution in [3.8, 4) is 0 Å². The molecule has 0 unspecified atom stereocenters. The van der Waals surface area contributed by atoms with Gasteiger partial charge in [0.1, 0.15) is 7.05 Å². The second-order valence-corrected chi connectivity index (χ2v) is 6.11. The maximum Gasteiger partial charge on any atom is 0.173 e. The molecule has 0 spiro atoms. The van der Waals surface area contributed by atoms with E-state index in [1.807, 2.05) is 91.0 Å². The third-order valence-electron chi connectivity index (χ3n) is 3.89. The Hall–Kier alpha value is -3.14. The molecular weight excluding hydrogens is 348 g/mol. The number of aromatic nitrogens is 2. The Kier molecular flexibility index (Phi) is 10.9. The van der Waals surface area contributed by atoms with Crippen molar-refractivity contribution in [2.75, 3.05) is 0 Å². The number of hydrogen-bond donors (Lipinski definition) is 0. The number of Topliss-reactive ketones (excluding diaryl/α,β-unsaturated/α-hetero) is 2. The van der Waals surface area contributed by atoms with E-state index in [1.54, 1.807) is 13.8 Å². The van der Waals surface area contributed by atoms with E-state index in [1.165, 1.54) is 5.56 Å². The molecule has 0 radical (unpaired) electrons. The van der Waals surface area contributed by atoms with Crippen molar-refractivity contribution >= 4 is 11.6 Å². The van der Waals surface area contributed by atoms with Crippen LogP contribution in [0.1, 0.15) is 40.1 Å². The summed E-state index contributed by atoms with van der Waals surface area (Å²) in [6.07, 6.45) is 7.77. The van der Waals surface area contributed by atoms with E-state index < -0.39 is 0 Å². The summed E-state index contributed by atoms with van der Waals surface area (Å²) in [7, 11) is 1.92. The Morgan fingerprint density at radius 2 is 1.18 bits per heavy atom. The van der Waals surface area contributed by atoms with Crippen molar-refractivity contribution in [2.24, 2.45) is 7.05 Å². The Balaban J connectivity index is 0.000000532. The minimum absolute atomic E-state index is 0. The number of rotatable bonds is 4. The lowest BCUT2D eigenvalue weighted by molar-refractivity contribution is -0.688. The number of carbonyl (C=O) groups excluding carboxylic acids is 2. The Bertz CT molecular complexity index is 855. The minimum atomic E-state index is 0. The fourth-order valence-corrected chi connectivity index (χ4v) is 2.33. The van der Waals surface area contributed by atoms with Crippen LogP contribution in [0.2, 0.25) is 0 Å². The lowest BCUT2D eigenvalue weighted by Gasteiger charge is -1.99. The smallest absolute Gasteiger partial charge is 0.173 e. The first-order valence-corrected chi connectivity index (χ1v) is 8.46. The van der Waals surface area contributed by atoms with E-state index in [4.69, 9.17) is 0 Å². The molecule has 0 saturated carbocycles. The number of benzene rings is 1. The third kappa shape index (κ3) is 8.04. The van der Waals surface area contributed by atoms with Gasteiger partial charge in [-0.05, 0) is 13.8 Å². The number of pyridine rings is 2. The lowest BCUT2D eigenvalue weighted by Crippen LogP contribution is -2.32. The van der Waals surface area contributed by atoms with Gasteiger partial charge in [0, 0.05) is 41.0 Å². The number of ketones is 2. The highest BCUT2D eigenvalue weighted by Gasteiger charge is 2.03. The first-order valence-electron chi connectivity index (χ1n) is 8.46. The molecular formula is C24H30N2O2. The first kappa shape index (κ1) is 24.9. The topological polar surface area (TPSA) is 41.9 Å². The Morgan fingerprint density at radius 1 is 0.714 bits per heavy atom. The highest BCUT2D eigenvalue weighted by atomic mass is 16.1. The van der Waals surface area contributed by atoms with E-state index in [9.17, 15) is 9.59 Å². The van der Waals surface area contributed by atoms with Gasteiger partial charge in [0.15, 0.2) is 42.9 Å². The summed E-state index contributed by atoms with van der Waals surface area (Å²) in [4.78, 5) is 21.9. The predicted octanol–water partition coefficient (Wildman–Crippen LogP) is 3.84. The number of aryl methyl sites for hydroxylation is 1. The first-order chi connectivity index (χ1) is 12.5. The number of hydrogen-bond acceptors (Lipinski definition) is 2. The van der Waals surface area contributed by atoms with Gasteiger partial charge in [-0.1, -0.05) is 30.3 Å². The van der Waals surface area contributed by atoms with Crippen molar-refractivity contribution in [2.45, 2.75) is 20.4 Å². The van der Waals surface area contributed by atoms with Crippen molar-refractivity contribution < 1.29 is 18.7 Å². The monoisotopic (exact) mass is 378 g/mol. The van der Waals surface area contributed by atoms with Crippen LogP contribution in [-0.2, 0) is 13.6 Å². The van der Waals surface area contributed by atoms with Gasteiger partial charge in [-0.3, -0.25) is 9.59 Å². The molecule has 0 saturated heterocycles. The molecule has 0 N–H and O–H groups in total. The van der Waals surface area contributed by atoms with Crippen molar-refractivity contribution in [1.82, 2.24) is 0 Å². The van der Waals surface area contributed by atoms with Crippen LogP contribution in [0.15, 0.2) is 79.4 Å². The summed E-state index contributed by atoms with van der Waals surface area (Å²) in [5.74, 6) is 0.222. The SMILES string of the molecule is CC(=O)c1cc[n+](C)cc1.CC(=O)c1ccc(C[n+]2ccccc2)cc1.[CH3-].[CH3-]. The Morgan fingerprint density at radius 3 is 1.64 bits per heavy atom. The Labute approximate surface area is 169 Å². The van der Waals surface area contributed by atoms with E-state index in [0.29, 0.717) is 0 Å². The van der Waals surface area contributed by atoms with Gasteiger partial charge < -0.3 is 14.9 Å². The van der Waals surface area contributed by atoms with Crippen molar-refractivity contribution in [1.29, 1.82) is 0 Å². The van der Waals surface area contributed by atoms with Crippen molar-refractivity contribution in [3.63, 3.8) is 0 Å². The van der Waals surface area contributed by atoms with Crippen LogP contribution in [0.3, 0.4) is 0 Å². The fourth-order valence-electron chi connectivity index (χ4n) is 2.33. The van der Waals surface area contributed by atoms with Crippen LogP contribution in [0.5, 0.6) is 0 Å². The van der Waals surface area contributed by atoms with Gasteiger partial charge in [-0.2, -0.15) is 0 Å².